The standard InChI is InChI=1S/C12H13ClN2O2/c1-8(13)12-14-11(17-15-12)7-9-4-3-5-10(6-9)16-2/h3-6,8H,7H2,1-2H3. The van der Waals surface area contributed by atoms with Crippen LogP contribution in [0.3, 0.4) is 0 Å². The summed E-state index contributed by atoms with van der Waals surface area (Å²) in [6.07, 6.45) is 0.577. The highest BCUT2D eigenvalue weighted by Gasteiger charge is 2.11. The van der Waals surface area contributed by atoms with Gasteiger partial charge in [-0.25, -0.2) is 0 Å². The molecule has 0 aliphatic rings. The Balaban J connectivity index is 2.13. The van der Waals surface area contributed by atoms with E-state index in [2.05, 4.69) is 10.1 Å². The maximum Gasteiger partial charge on any atom is 0.231 e. The zero-order valence-electron chi connectivity index (χ0n) is 9.68. The quantitative estimate of drug-likeness (QED) is 0.785. The molecule has 0 bridgehead atoms. The molecule has 4 nitrogen and oxygen atoms in total. The number of benzene rings is 1. The monoisotopic (exact) mass is 252 g/mol. The van der Waals surface area contributed by atoms with Crippen molar-refractivity contribution < 1.29 is 9.26 Å². The fourth-order valence-electron chi connectivity index (χ4n) is 1.46. The van der Waals surface area contributed by atoms with Crippen LogP contribution in [0, 0.1) is 0 Å². The summed E-state index contributed by atoms with van der Waals surface area (Å²) in [6, 6.07) is 7.74. The zero-order chi connectivity index (χ0) is 12.3. The van der Waals surface area contributed by atoms with Crippen molar-refractivity contribution in [2.24, 2.45) is 0 Å². The molecule has 0 saturated carbocycles. The van der Waals surface area contributed by atoms with Crippen molar-refractivity contribution in [3.63, 3.8) is 0 Å². The minimum atomic E-state index is -0.238. The maximum absolute atomic E-state index is 5.86. The van der Waals surface area contributed by atoms with E-state index in [0.717, 1.165) is 11.3 Å². The summed E-state index contributed by atoms with van der Waals surface area (Å²) in [5.74, 6) is 1.89. The van der Waals surface area contributed by atoms with Gasteiger partial charge in [-0.15, -0.1) is 11.6 Å². The smallest absolute Gasteiger partial charge is 0.231 e. The summed E-state index contributed by atoms with van der Waals surface area (Å²) in [7, 11) is 1.64. The van der Waals surface area contributed by atoms with Crippen LogP contribution in [0.5, 0.6) is 5.75 Å². The van der Waals surface area contributed by atoms with Crippen LogP contribution in [0.2, 0.25) is 0 Å². The third-order valence-electron chi connectivity index (χ3n) is 2.33. The molecular weight excluding hydrogens is 240 g/mol. The van der Waals surface area contributed by atoms with Gasteiger partial charge in [-0.1, -0.05) is 17.3 Å². The second-order valence-corrected chi connectivity index (χ2v) is 4.35. The molecule has 0 aliphatic carbocycles. The van der Waals surface area contributed by atoms with E-state index in [0.29, 0.717) is 18.1 Å². The molecular formula is C12H13ClN2O2. The predicted molar refractivity (Wildman–Crippen MR) is 64.4 cm³/mol. The number of rotatable bonds is 4. The third-order valence-corrected chi connectivity index (χ3v) is 2.52. The van der Waals surface area contributed by atoms with Gasteiger partial charge in [0.1, 0.15) is 5.75 Å². The van der Waals surface area contributed by atoms with E-state index in [1.807, 2.05) is 31.2 Å². The lowest BCUT2D eigenvalue weighted by molar-refractivity contribution is 0.379. The Labute approximate surface area is 105 Å². The van der Waals surface area contributed by atoms with Gasteiger partial charge >= 0.3 is 0 Å². The van der Waals surface area contributed by atoms with Crippen LogP contribution >= 0.6 is 11.6 Å². The van der Waals surface area contributed by atoms with Crippen molar-refractivity contribution in [3.05, 3.63) is 41.5 Å². The number of nitrogens with zero attached hydrogens (tertiary/aromatic N) is 2. The van der Waals surface area contributed by atoms with Gasteiger partial charge < -0.3 is 9.26 Å². The summed E-state index contributed by atoms with van der Waals surface area (Å²) in [6.45, 7) is 1.81. The molecule has 0 aliphatic heterocycles. The highest BCUT2D eigenvalue weighted by Crippen LogP contribution is 2.18. The van der Waals surface area contributed by atoms with Gasteiger partial charge in [-0.2, -0.15) is 4.98 Å². The van der Waals surface area contributed by atoms with Crippen LogP contribution in [0.1, 0.15) is 29.6 Å². The fourth-order valence-corrected chi connectivity index (χ4v) is 1.55. The van der Waals surface area contributed by atoms with Gasteiger partial charge in [0.2, 0.25) is 5.89 Å². The Hall–Kier alpha value is -1.55. The predicted octanol–water partition coefficient (Wildman–Crippen LogP) is 2.97. The molecule has 2 rings (SSSR count). The highest BCUT2D eigenvalue weighted by molar-refractivity contribution is 6.20. The summed E-state index contributed by atoms with van der Waals surface area (Å²) >= 11 is 5.86. The number of alkyl halides is 1. The molecule has 0 amide bonds. The van der Waals surface area contributed by atoms with Crippen LogP contribution in [0.4, 0.5) is 0 Å². The second kappa shape index (κ2) is 5.19. The van der Waals surface area contributed by atoms with E-state index in [1.54, 1.807) is 7.11 Å². The number of hydrogen-bond donors (Lipinski definition) is 0. The molecule has 90 valence electrons. The van der Waals surface area contributed by atoms with E-state index in [9.17, 15) is 0 Å². The Kier molecular flexibility index (Phi) is 3.64. The van der Waals surface area contributed by atoms with Crippen molar-refractivity contribution >= 4 is 11.6 Å². The van der Waals surface area contributed by atoms with Crippen molar-refractivity contribution in [2.75, 3.05) is 7.11 Å². The van der Waals surface area contributed by atoms with Gasteiger partial charge in [0.25, 0.3) is 0 Å². The molecule has 1 aromatic heterocycles. The van der Waals surface area contributed by atoms with Crippen LogP contribution < -0.4 is 4.74 Å². The first-order valence-corrected chi connectivity index (χ1v) is 5.72. The molecule has 0 radical (unpaired) electrons. The summed E-state index contributed by atoms with van der Waals surface area (Å²) < 4.78 is 10.3. The average Bonchev–Trinajstić information content (AvgIpc) is 2.78. The Morgan fingerprint density at radius 2 is 2.29 bits per heavy atom. The molecule has 1 atom stereocenters. The van der Waals surface area contributed by atoms with E-state index >= 15 is 0 Å². The highest BCUT2D eigenvalue weighted by atomic mass is 35.5. The van der Waals surface area contributed by atoms with Crippen molar-refractivity contribution in [3.8, 4) is 5.75 Å². The Morgan fingerprint density at radius 3 is 2.94 bits per heavy atom. The molecule has 0 N–H and O–H groups in total. The Bertz CT molecular complexity index is 497. The summed E-state index contributed by atoms with van der Waals surface area (Å²) in [5, 5.41) is 3.57. The SMILES string of the molecule is COc1cccc(Cc2nc(C(C)Cl)no2)c1. The van der Waals surface area contributed by atoms with Crippen LogP contribution in [-0.2, 0) is 6.42 Å². The topological polar surface area (TPSA) is 48.2 Å². The van der Waals surface area contributed by atoms with E-state index in [-0.39, 0.29) is 5.38 Å². The molecule has 1 heterocycles. The number of methoxy groups -OCH3 is 1. The van der Waals surface area contributed by atoms with Crippen LogP contribution in [-0.4, -0.2) is 17.3 Å². The van der Waals surface area contributed by atoms with Crippen molar-refractivity contribution in [1.82, 2.24) is 10.1 Å². The minimum absolute atomic E-state index is 0.238. The molecule has 1 unspecified atom stereocenters. The number of hydrogen-bond acceptors (Lipinski definition) is 4. The van der Waals surface area contributed by atoms with E-state index in [1.165, 1.54) is 0 Å². The average molecular weight is 253 g/mol. The second-order valence-electron chi connectivity index (χ2n) is 3.69. The number of halogens is 1. The number of ether oxygens (including phenoxy) is 1. The van der Waals surface area contributed by atoms with E-state index < -0.39 is 0 Å². The van der Waals surface area contributed by atoms with E-state index in [4.69, 9.17) is 20.9 Å². The Morgan fingerprint density at radius 1 is 1.47 bits per heavy atom. The maximum atomic E-state index is 5.86. The number of aromatic nitrogens is 2. The van der Waals surface area contributed by atoms with Gasteiger partial charge in [0, 0.05) is 0 Å². The third kappa shape index (κ3) is 2.97. The minimum Gasteiger partial charge on any atom is -0.497 e. The molecule has 5 heteroatoms. The van der Waals surface area contributed by atoms with Crippen molar-refractivity contribution in [1.29, 1.82) is 0 Å². The van der Waals surface area contributed by atoms with Gasteiger partial charge in [0.15, 0.2) is 5.82 Å². The van der Waals surface area contributed by atoms with Gasteiger partial charge in [-0.05, 0) is 24.6 Å². The fraction of sp³-hybridized carbons (Fsp3) is 0.333. The van der Waals surface area contributed by atoms with Crippen LogP contribution in [0.25, 0.3) is 0 Å². The summed E-state index contributed by atoms with van der Waals surface area (Å²) in [5.41, 5.74) is 1.06. The first-order valence-electron chi connectivity index (χ1n) is 5.28. The first kappa shape index (κ1) is 11.9. The molecule has 0 fully saturated rings. The molecule has 0 saturated heterocycles. The molecule has 1 aromatic carbocycles. The van der Waals surface area contributed by atoms with Crippen molar-refractivity contribution in [2.45, 2.75) is 18.7 Å². The summed E-state index contributed by atoms with van der Waals surface area (Å²) in [4.78, 5) is 4.21. The molecule has 2 aromatic rings. The largest absolute Gasteiger partial charge is 0.497 e. The van der Waals surface area contributed by atoms with Gasteiger partial charge in [-0.3, -0.25) is 0 Å². The lowest BCUT2D eigenvalue weighted by Gasteiger charge is -2.01. The molecule has 17 heavy (non-hydrogen) atoms. The first-order chi connectivity index (χ1) is 8.19. The molecule has 0 spiro atoms. The normalized spacial score (nSPS) is 12.4. The lowest BCUT2D eigenvalue weighted by atomic mass is 10.1. The lowest BCUT2D eigenvalue weighted by Crippen LogP contribution is -1.91. The van der Waals surface area contributed by atoms with Crippen LogP contribution in [0.15, 0.2) is 28.8 Å². The van der Waals surface area contributed by atoms with Gasteiger partial charge in [0.05, 0.1) is 18.9 Å². The zero-order valence-corrected chi connectivity index (χ0v) is 10.4.